The molecule has 0 spiro atoms. The van der Waals surface area contributed by atoms with E-state index in [1.165, 1.54) is 0 Å². The molecule has 4 nitrogen and oxygen atoms in total. The molecular weight excluding hydrogens is 414 g/mol. The third-order valence-electron chi connectivity index (χ3n) is 4.19. The SMILES string of the molecule is Cc1nn(C)c(NC(=O)CCc2ccccc2Cl)c1-c1ccc(Br)cc1. The summed E-state index contributed by atoms with van der Waals surface area (Å²) < 4.78 is 2.72. The largest absolute Gasteiger partial charge is 0.310 e. The summed E-state index contributed by atoms with van der Waals surface area (Å²) in [6, 6.07) is 15.6. The molecule has 0 atom stereocenters. The van der Waals surface area contributed by atoms with Crippen LogP contribution in [0.2, 0.25) is 5.02 Å². The number of hydrogen-bond acceptors (Lipinski definition) is 2. The van der Waals surface area contributed by atoms with Gasteiger partial charge in [0.15, 0.2) is 0 Å². The zero-order valence-corrected chi connectivity index (χ0v) is 16.9. The van der Waals surface area contributed by atoms with E-state index in [1.807, 2.05) is 62.5 Å². The second-order valence-corrected chi connectivity index (χ2v) is 7.40. The highest BCUT2D eigenvalue weighted by Crippen LogP contribution is 2.32. The van der Waals surface area contributed by atoms with Crippen LogP contribution < -0.4 is 5.32 Å². The minimum atomic E-state index is -0.0636. The second kappa shape index (κ2) is 8.06. The number of nitrogens with zero attached hydrogens (tertiary/aromatic N) is 2. The maximum atomic E-state index is 12.5. The van der Waals surface area contributed by atoms with Crippen LogP contribution in [-0.4, -0.2) is 15.7 Å². The number of anilines is 1. The summed E-state index contributed by atoms with van der Waals surface area (Å²) in [5, 5.41) is 8.16. The molecule has 6 heteroatoms. The van der Waals surface area contributed by atoms with E-state index in [0.717, 1.165) is 26.9 Å². The summed E-state index contributed by atoms with van der Waals surface area (Å²) in [7, 11) is 1.83. The van der Waals surface area contributed by atoms with Gasteiger partial charge in [0.1, 0.15) is 5.82 Å². The molecule has 0 saturated heterocycles. The minimum Gasteiger partial charge on any atom is -0.310 e. The van der Waals surface area contributed by atoms with Crippen LogP contribution in [0, 0.1) is 6.92 Å². The fourth-order valence-electron chi connectivity index (χ4n) is 2.91. The van der Waals surface area contributed by atoms with Crippen LogP contribution in [-0.2, 0) is 18.3 Å². The Balaban J connectivity index is 1.78. The lowest BCUT2D eigenvalue weighted by atomic mass is 10.1. The topological polar surface area (TPSA) is 46.9 Å². The van der Waals surface area contributed by atoms with E-state index in [-0.39, 0.29) is 5.91 Å². The molecule has 0 saturated carbocycles. The number of rotatable bonds is 5. The average molecular weight is 433 g/mol. The van der Waals surface area contributed by atoms with Gasteiger partial charge in [-0.05, 0) is 42.7 Å². The molecule has 0 bridgehead atoms. The van der Waals surface area contributed by atoms with Crippen molar-refractivity contribution in [3.63, 3.8) is 0 Å². The highest BCUT2D eigenvalue weighted by Gasteiger charge is 2.17. The number of halogens is 2. The Morgan fingerprint density at radius 3 is 2.58 bits per heavy atom. The van der Waals surface area contributed by atoms with Gasteiger partial charge in [-0.15, -0.1) is 0 Å². The fourth-order valence-corrected chi connectivity index (χ4v) is 3.40. The number of amides is 1. The first-order valence-corrected chi connectivity index (χ1v) is 9.45. The van der Waals surface area contributed by atoms with Crippen molar-refractivity contribution in [3.8, 4) is 11.1 Å². The molecule has 0 aliphatic heterocycles. The van der Waals surface area contributed by atoms with Crippen molar-refractivity contribution in [2.75, 3.05) is 5.32 Å². The summed E-state index contributed by atoms with van der Waals surface area (Å²) in [6.45, 7) is 1.94. The Morgan fingerprint density at radius 1 is 1.19 bits per heavy atom. The number of aryl methyl sites for hydroxylation is 3. The van der Waals surface area contributed by atoms with Crippen molar-refractivity contribution in [1.82, 2.24) is 9.78 Å². The lowest BCUT2D eigenvalue weighted by molar-refractivity contribution is -0.116. The predicted octanol–water partition coefficient (Wildman–Crippen LogP) is 5.38. The summed E-state index contributed by atoms with van der Waals surface area (Å²) in [5.74, 6) is 0.639. The molecule has 26 heavy (non-hydrogen) atoms. The molecule has 2 aromatic carbocycles. The zero-order valence-electron chi connectivity index (χ0n) is 14.6. The maximum Gasteiger partial charge on any atom is 0.225 e. The first kappa shape index (κ1) is 18.7. The predicted molar refractivity (Wildman–Crippen MR) is 109 cm³/mol. The van der Waals surface area contributed by atoms with Gasteiger partial charge >= 0.3 is 0 Å². The van der Waals surface area contributed by atoms with Crippen molar-refractivity contribution >= 4 is 39.3 Å². The lowest BCUT2D eigenvalue weighted by Crippen LogP contribution is -2.15. The van der Waals surface area contributed by atoms with Gasteiger partial charge in [-0.2, -0.15) is 5.10 Å². The molecule has 0 fully saturated rings. The molecule has 134 valence electrons. The number of benzene rings is 2. The Labute approximate surface area is 166 Å². The van der Waals surface area contributed by atoms with Crippen LogP contribution in [0.25, 0.3) is 11.1 Å². The average Bonchev–Trinajstić information content (AvgIpc) is 2.88. The number of carbonyl (C=O) groups is 1. The molecule has 3 aromatic rings. The molecule has 0 aliphatic rings. The molecule has 1 heterocycles. The summed E-state index contributed by atoms with van der Waals surface area (Å²) in [5.41, 5.74) is 3.79. The smallest absolute Gasteiger partial charge is 0.225 e. The van der Waals surface area contributed by atoms with Gasteiger partial charge in [-0.1, -0.05) is 57.9 Å². The van der Waals surface area contributed by atoms with Gasteiger partial charge < -0.3 is 5.32 Å². The molecule has 0 aliphatic carbocycles. The van der Waals surface area contributed by atoms with Gasteiger partial charge in [-0.25, -0.2) is 0 Å². The zero-order chi connectivity index (χ0) is 18.7. The van der Waals surface area contributed by atoms with Crippen molar-refractivity contribution in [2.45, 2.75) is 19.8 Å². The Hall–Kier alpha value is -2.11. The second-order valence-electron chi connectivity index (χ2n) is 6.08. The summed E-state index contributed by atoms with van der Waals surface area (Å²) in [6.07, 6.45) is 0.948. The van der Waals surface area contributed by atoms with E-state index in [1.54, 1.807) is 4.68 Å². The third kappa shape index (κ3) is 4.17. The van der Waals surface area contributed by atoms with E-state index < -0.39 is 0 Å². The number of hydrogen-bond donors (Lipinski definition) is 1. The molecular formula is C20H19BrClN3O. The Bertz CT molecular complexity index is 935. The van der Waals surface area contributed by atoms with Gasteiger partial charge in [0.05, 0.1) is 5.69 Å². The van der Waals surface area contributed by atoms with E-state index in [9.17, 15) is 4.79 Å². The van der Waals surface area contributed by atoms with Crippen LogP contribution in [0.15, 0.2) is 53.0 Å². The highest BCUT2D eigenvalue weighted by molar-refractivity contribution is 9.10. The third-order valence-corrected chi connectivity index (χ3v) is 5.09. The Morgan fingerprint density at radius 2 is 1.88 bits per heavy atom. The normalized spacial score (nSPS) is 10.8. The van der Waals surface area contributed by atoms with Gasteiger partial charge in [-0.3, -0.25) is 9.48 Å². The summed E-state index contributed by atoms with van der Waals surface area (Å²) in [4.78, 5) is 12.5. The van der Waals surface area contributed by atoms with E-state index >= 15 is 0 Å². The first-order chi connectivity index (χ1) is 12.5. The Kier molecular flexibility index (Phi) is 5.79. The molecule has 3 rings (SSSR count). The van der Waals surface area contributed by atoms with E-state index in [4.69, 9.17) is 11.6 Å². The quantitative estimate of drug-likeness (QED) is 0.588. The van der Waals surface area contributed by atoms with Crippen molar-refractivity contribution in [3.05, 3.63) is 69.3 Å². The van der Waals surface area contributed by atoms with Crippen LogP contribution >= 0.6 is 27.5 Å². The van der Waals surface area contributed by atoms with E-state index in [2.05, 4.69) is 26.3 Å². The maximum absolute atomic E-state index is 12.5. The summed E-state index contributed by atoms with van der Waals surface area (Å²) >= 11 is 9.61. The fraction of sp³-hybridized carbons (Fsp3) is 0.200. The van der Waals surface area contributed by atoms with Crippen LogP contribution in [0.4, 0.5) is 5.82 Å². The number of nitrogens with one attached hydrogen (secondary N) is 1. The minimum absolute atomic E-state index is 0.0636. The van der Waals surface area contributed by atoms with Crippen molar-refractivity contribution < 1.29 is 4.79 Å². The standard InChI is InChI=1S/C20H19BrClN3O/c1-13-19(15-7-10-16(21)11-8-15)20(25(2)24-13)23-18(26)12-9-14-5-3-4-6-17(14)22/h3-8,10-11H,9,12H2,1-2H3,(H,23,26). The molecule has 1 amide bonds. The van der Waals surface area contributed by atoms with Gasteiger partial charge in [0, 0.05) is 28.5 Å². The van der Waals surface area contributed by atoms with Crippen molar-refractivity contribution in [2.24, 2.45) is 7.05 Å². The number of aromatic nitrogens is 2. The van der Waals surface area contributed by atoms with Gasteiger partial charge in [0.25, 0.3) is 0 Å². The number of carbonyl (C=O) groups excluding carboxylic acids is 1. The van der Waals surface area contributed by atoms with E-state index in [0.29, 0.717) is 23.7 Å². The molecule has 1 aromatic heterocycles. The first-order valence-electron chi connectivity index (χ1n) is 8.28. The lowest BCUT2D eigenvalue weighted by Gasteiger charge is -2.10. The van der Waals surface area contributed by atoms with Gasteiger partial charge in [0.2, 0.25) is 5.91 Å². The highest BCUT2D eigenvalue weighted by atomic mass is 79.9. The monoisotopic (exact) mass is 431 g/mol. The van der Waals surface area contributed by atoms with Crippen molar-refractivity contribution in [1.29, 1.82) is 0 Å². The molecule has 0 radical (unpaired) electrons. The van der Waals surface area contributed by atoms with Crippen LogP contribution in [0.5, 0.6) is 0 Å². The van der Waals surface area contributed by atoms with Crippen LogP contribution in [0.1, 0.15) is 17.7 Å². The molecule has 0 unspecified atom stereocenters. The van der Waals surface area contributed by atoms with Crippen LogP contribution in [0.3, 0.4) is 0 Å². The molecule has 1 N–H and O–H groups in total.